The van der Waals surface area contributed by atoms with E-state index in [0.29, 0.717) is 25.9 Å². The number of rotatable bonds is 4. The van der Waals surface area contributed by atoms with E-state index in [-0.39, 0.29) is 6.54 Å². The minimum absolute atomic E-state index is 0.228. The first-order valence-corrected chi connectivity index (χ1v) is 8.28. The zero-order valence-corrected chi connectivity index (χ0v) is 12.0. The van der Waals surface area contributed by atoms with E-state index in [1.807, 2.05) is 0 Å². The van der Waals surface area contributed by atoms with Crippen LogP contribution in [0.2, 0.25) is 0 Å². The Kier molecular flexibility index (Phi) is 4.31. The summed E-state index contributed by atoms with van der Waals surface area (Å²) in [4.78, 5) is 0. The van der Waals surface area contributed by atoms with E-state index in [2.05, 4.69) is 0 Å². The average Bonchev–Trinajstić information content (AvgIpc) is 2.77. The summed E-state index contributed by atoms with van der Waals surface area (Å²) in [6.07, 6.45) is 6.41. The largest absolute Gasteiger partial charge is 0.389 e. The Morgan fingerprint density at radius 3 is 2.22 bits per heavy atom. The molecule has 0 radical (unpaired) electrons. The molecule has 1 saturated carbocycles. The summed E-state index contributed by atoms with van der Waals surface area (Å²) in [5, 5.41) is 10.3. The second kappa shape index (κ2) is 5.45. The second-order valence-corrected chi connectivity index (χ2v) is 7.69. The van der Waals surface area contributed by atoms with Crippen LogP contribution < -0.4 is 0 Å². The molecule has 0 spiro atoms. The highest BCUT2D eigenvalue weighted by Crippen LogP contribution is 2.31. The molecule has 0 aromatic rings. The first-order chi connectivity index (χ1) is 8.44. The van der Waals surface area contributed by atoms with Crippen molar-refractivity contribution in [2.45, 2.75) is 50.5 Å². The lowest BCUT2D eigenvalue weighted by atomic mass is 10.0. The fraction of sp³-hybridized carbons (Fsp3) is 1.00. The summed E-state index contributed by atoms with van der Waals surface area (Å²) < 4.78 is 27.6. The van der Waals surface area contributed by atoms with Crippen LogP contribution in [0.25, 0.3) is 0 Å². The average molecular weight is 276 g/mol. The fourth-order valence-electron chi connectivity index (χ4n) is 2.98. The first-order valence-electron chi connectivity index (χ1n) is 6.88. The van der Waals surface area contributed by atoms with Crippen LogP contribution in [0.5, 0.6) is 0 Å². The van der Waals surface area contributed by atoms with Crippen molar-refractivity contribution in [2.24, 2.45) is 0 Å². The van der Waals surface area contributed by atoms with Crippen LogP contribution in [0.3, 0.4) is 0 Å². The molecule has 18 heavy (non-hydrogen) atoms. The lowest BCUT2D eigenvalue weighted by molar-refractivity contribution is 0.0320. The lowest BCUT2D eigenvalue weighted by Crippen LogP contribution is -2.49. The molecule has 2 fully saturated rings. The maximum Gasteiger partial charge on any atom is 0.281 e. The van der Waals surface area contributed by atoms with Crippen LogP contribution in [-0.4, -0.2) is 54.4 Å². The van der Waals surface area contributed by atoms with Gasteiger partial charge in [0.2, 0.25) is 0 Å². The van der Waals surface area contributed by atoms with E-state index in [9.17, 15) is 13.5 Å². The summed E-state index contributed by atoms with van der Waals surface area (Å²) in [7, 11) is -1.80. The molecule has 0 aromatic heterocycles. The molecule has 6 heteroatoms. The lowest BCUT2D eigenvalue weighted by Gasteiger charge is -2.33. The van der Waals surface area contributed by atoms with Gasteiger partial charge in [0, 0.05) is 26.7 Å². The number of hydrogen-bond acceptors (Lipinski definition) is 3. The van der Waals surface area contributed by atoms with Crippen molar-refractivity contribution in [2.75, 3.05) is 26.7 Å². The van der Waals surface area contributed by atoms with Crippen LogP contribution in [0.4, 0.5) is 0 Å². The number of nitrogens with zero attached hydrogens (tertiary/aromatic N) is 2. The van der Waals surface area contributed by atoms with E-state index in [0.717, 1.165) is 32.1 Å². The molecule has 0 amide bonds. The predicted molar refractivity (Wildman–Crippen MR) is 70.4 cm³/mol. The number of aliphatic hydroxyl groups is 1. The van der Waals surface area contributed by atoms with Gasteiger partial charge in [0.1, 0.15) is 0 Å². The highest BCUT2D eigenvalue weighted by atomic mass is 32.2. The number of hydrogen-bond donors (Lipinski definition) is 1. The van der Waals surface area contributed by atoms with Gasteiger partial charge in [-0.15, -0.1) is 0 Å². The van der Waals surface area contributed by atoms with Gasteiger partial charge in [-0.1, -0.05) is 19.3 Å². The topological polar surface area (TPSA) is 60.9 Å². The van der Waals surface area contributed by atoms with Crippen molar-refractivity contribution in [3.8, 4) is 0 Å². The second-order valence-electron chi connectivity index (χ2n) is 5.65. The third-order valence-electron chi connectivity index (χ3n) is 4.09. The van der Waals surface area contributed by atoms with Crippen molar-refractivity contribution in [1.82, 2.24) is 8.61 Å². The summed E-state index contributed by atoms with van der Waals surface area (Å²) >= 11 is 0. The van der Waals surface area contributed by atoms with Gasteiger partial charge >= 0.3 is 0 Å². The third-order valence-corrected chi connectivity index (χ3v) is 6.02. The molecular formula is C12H24N2O3S. The van der Waals surface area contributed by atoms with Crippen molar-refractivity contribution in [3.63, 3.8) is 0 Å². The molecule has 5 nitrogen and oxygen atoms in total. The Labute approximate surface area is 110 Å². The smallest absolute Gasteiger partial charge is 0.281 e. The Balaban J connectivity index is 2.00. The Morgan fingerprint density at radius 1 is 1.11 bits per heavy atom. The van der Waals surface area contributed by atoms with E-state index in [1.54, 1.807) is 11.4 Å². The minimum Gasteiger partial charge on any atom is -0.389 e. The van der Waals surface area contributed by atoms with E-state index < -0.39 is 15.8 Å². The molecule has 1 N–H and O–H groups in total. The highest BCUT2D eigenvalue weighted by molar-refractivity contribution is 7.86. The normalized spacial score (nSPS) is 25.7. The molecule has 2 aliphatic rings. The molecule has 2 rings (SSSR count). The SMILES string of the molecule is CN(CC1(O)CCCC1)S(=O)(=O)N1CCCCC1. The van der Waals surface area contributed by atoms with Gasteiger partial charge in [0.15, 0.2) is 0 Å². The van der Waals surface area contributed by atoms with Crippen molar-refractivity contribution < 1.29 is 13.5 Å². The third kappa shape index (κ3) is 3.04. The van der Waals surface area contributed by atoms with Gasteiger partial charge in [-0.3, -0.25) is 0 Å². The van der Waals surface area contributed by atoms with Crippen LogP contribution in [0, 0.1) is 0 Å². The predicted octanol–water partition coefficient (Wildman–Crippen LogP) is 0.954. The highest BCUT2D eigenvalue weighted by Gasteiger charge is 2.37. The van der Waals surface area contributed by atoms with Gasteiger partial charge in [-0.25, -0.2) is 0 Å². The molecule has 1 heterocycles. The molecule has 1 aliphatic carbocycles. The number of likely N-dealkylation sites (N-methyl/N-ethyl adjacent to an activating group) is 1. The molecule has 1 aliphatic heterocycles. The quantitative estimate of drug-likeness (QED) is 0.832. The van der Waals surface area contributed by atoms with Gasteiger partial charge < -0.3 is 5.11 Å². The molecular weight excluding hydrogens is 252 g/mol. The van der Waals surface area contributed by atoms with Crippen LogP contribution in [0.15, 0.2) is 0 Å². The maximum absolute atomic E-state index is 12.4. The molecule has 0 bridgehead atoms. The molecule has 106 valence electrons. The monoisotopic (exact) mass is 276 g/mol. The first kappa shape index (κ1) is 14.2. The van der Waals surface area contributed by atoms with Crippen LogP contribution >= 0.6 is 0 Å². The molecule has 0 atom stereocenters. The van der Waals surface area contributed by atoms with Crippen molar-refractivity contribution in [3.05, 3.63) is 0 Å². The van der Waals surface area contributed by atoms with Gasteiger partial charge in [-0.2, -0.15) is 17.0 Å². The molecule has 0 aromatic carbocycles. The van der Waals surface area contributed by atoms with E-state index in [1.165, 1.54) is 4.31 Å². The minimum atomic E-state index is -3.38. The Bertz CT molecular complexity index is 371. The summed E-state index contributed by atoms with van der Waals surface area (Å²) in [6.45, 7) is 1.46. The Hall–Kier alpha value is -0.170. The summed E-state index contributed by atoms with van der Waals surface area (Å²) in [5.74, 6) is 0. The molecule has 1 saturated heterocycles. The van der Waals surface area contributed by atoms with Gasteiger partial charge in [0.05, 0.1) is 5.60 Å². The van der Waals surface area contributed by atoms with Crippen LogP contribution in [0.1, 0.15) is 44.9 Å². The fourth-order valence-corrected chi connectivity index (χ4v) is 4.50. The zero-order valence-electron chi connectivity index (χ0n) is 11.1. The van der Waals surface area contributed by atoms with Gasteiger partial charge in [-0.05, 0) is 25.7 Å². The van der Waals surface area contributed by atoms with Crippen molar-refractivity contribution in [1.29, 1.82) is 0 Å². The molecule has 0 unspecified atom stereocenters. The maximum atomic E-state index is 12.4. The summed E-state index contributed by atoms with van der Waals surface area (Å²) in [6, 6.07) is 0. The van der Waals surface area contributed by atoms with E-state index >= 15 is 0 Å². The number of piperidine rings is 1. The van der Waals surface area contributed by atoms with Crippen LogP contribution in [-0.2, 0) is 10.2 Å². The van der Waals surface area contributed by atoms with Crippen molar-refractivity contribution >= 4 is 10.2 Å². The van der Waals surface area contributed by atoms with E-state index in [4.69, 9.17) is 0 Å². The zero-order chi connectivity index (χ0) is 13.2. The summed E-state index contributed by atoms with van der Waals surface area (Å²) in [5.41, 5.74) is -0.808. The van der Waals surface area contributed by atoms with Gasteiger partial charge in [0.25, 0.3) is 10.2 Å². The Morgan fingerprint density at radius 2 is 1.67 bits per heavy atom. The standard InChI is InChI=1S/C12H24N2O3S/c1-13(11-12(15)7-3-4-8-12)18(16,17)14-9-5-2-6-10-14/h15H,2-11H2,1H3.